The molecular formula is C36H40N4O4. The number of para-hydroxylation sites is 1. The molecule has 1 atom stereocenters. The Bertz CT molecular complexity index is 1490. The highest BCUT2D eigenvalue weighted by Crippen LogP contribution is 2.36. The zero-order chi connectivity index (χ0) is 31.8. The van der Waals surface area contributed by atoms with Crippen LogP contribution >= 0.6 is 0 Å². The molecule has 228 valence electrons. The minimum atomic E-state index is -0.816. The molecule has 0 bridgehead atoms. The molecule has 44 heavy (non-hydrogen) atoms. The van der Waals surface area contributed by atoms with E-state index in [2.05, 4.69) is 15.6 Å². The van der Waals surface area contributed by atoms with E-state index in [4.69, 9.17) is 10.8 Å². The first kappa shape index (κ1) is 33.5. The normalized spacial score (nSPS) is 11.2. The van der Waals surface area contributed by atoms with Gasteiger partial charge >= 0.3 is 0 Å². The van der Waals surface area contributed by atoms with Gasteiger partial charge in [0.1, 0.15) is 11.8 Å². The second-order valence-electron chi connectivity index (χ2n) is 9.91. The lowest BCUT2D eigenvalue weighted by molar-refractivity contribution is -0.123. The Balaban J connectivity index is 0.000000251. The molecule has 0 saturated heterocycles. The average molecular weight is 593 g/mol. The van der Waals surface area contributed by atoms with E-state index in [1.165, 1.54) is 0 Å². The Kier molecular flexibility index (Phi) is 13.0. The maximum absolute atomic E-state index is 12.7. The molecule has 0 aliphatic rings. The van der Waals surface area contributed by atoms with E-state index in [9.17, 15) is 14.4 Å². The number of hydrogen-bond acceptors (Lipinski definition) is 5. The summed E-state index contributed by atoms with van der Waals surface area (Å²) in [6, 6.07) is 37.4. The van der Waals surface area contributed by atoms with Crippen LogP contribution in [0.4, 0.5) is 0 Å². The lowest BCUT2D eigenvalue weighted by Crippen LogP contribution is -2.47. The lowest BCUT2D eigenvalue weighted by Gasteiger charge is -2.37. The van der Waals surface area contributed by atoms with Gasteiger partial charge < -0.3 is 31.3 Å². The summed E-state index contributed by atoms with van der Waals surface area (Å²) in [6.07, 6.45) is 3.68. The number of aliphatic hydroxyl groups excluding tert-OH is 1. The van der Waals surface area contributed by atoms with Crippen molar-refractivity contribution in [2.45, 2.75) is 30.8 Å². The number of aromatic amines is 1. The number of aldehydes is 1. The van der Waals surface area contributed by atoms with E-state index < -0.39 is 5.54 Å². The molecule has 0 fully saturated rings. The number of H-pyrrole nitrogens is 1. The van der Waals surface area contributed by atoms with Gasteiger partial charge in [-0.05, 0) is 41.8 Å². The molecule has 4 aromatic carbocycles. The third-order valence-corrected chi connectivity index (χ3v) is 7.23. The number of carbonyl (C=O) groups is 3. The van der Waals surface area contributed by atoms with Crippen molar-refractivity contribution in [2.24, 2.45) is 5.73 Å². The van der Waals surface area contributed by atoms with Crippen molar-refractivity contribution >= 4 is 29.0 Å². The fourth-order valence-electron chi connectivity index (χ4n) is 5.11. The molecule has 0 aliphatic carbocycles. The van der Waals surface area contributed by atoms with Crippen LogP contribution in [0.3, 0.4) is 0 Å². The zero-order valence-corrected chi connectivity index (χ0v) is 25.1. The molecule has 5 aromatic rings. The molecule has 0 spiro atoms. The van der Waals surface area contributed by atoms with Crippen LogP contribution in [-0.2, 0) is 26.3 Å². The summed E-state index contributed by atoms with van der Waals surface area (Å²) >= 11 is 0. The number of aromatic nitrogens is 1. The van der Waals surface area contributed by atoms with Crippen molar-refractivity contribution < 1.29 is 19.5 Å². The van der Waals surface area contributed by atoms with Crippen molar-refractivity contribution in [1.29, 1.82) is 0 Å². The number of primary amides is 1. The standard InChI is InChI=1S/C23H21NO2.C12H15N3O.CH4O/c25-18-10-17-22(26)24-23(19-11-4-1-5-12-19,20-13-6-2-7-14-20)21-15-8-3-9-16-21;1-14-11(12(13)16)6-8-7-15-10-5-3-2-4-9(8)10;1-2/h1-9,11-16,18H,10,17H2,(H,24,26);2-5,7,11,14-15H,6H2,1H3,(H2,13,16);2H,1H3. The minimum Gasteiger partial charge on any atom is -0.400 e. The average Bonchev–Trinajstić information content (AvgIpc) is 3.50. The molecule has 1 aromatic heterocycles. The topological polar surface area (TPSA) is 137 Å². The van der Waals surface area contributed by atoms with Crippen LogP contribution in [0, 0.1) is 0 Å². The first-order chi connectivity index (χ1) is 21.5. The Morgan fingerprint density at radius 2 is 1.30 bits per heavy atom. The molecule has 1 unspecified atom stereocenters. The number of aliphatic hydroxyl groups is 1. The Morgan fingerprint density at radius 1 is 0.818 bits per heavy atom. The lowest BCUT2D eigenvalue weighted by atomic mass is 9.77. The van der Waals surface area contributed by atoms with Gasteiger partial charge in [-0.3, -0.25) is 9.59 Å². The minimum absolute atomic E-state index is 0.159. The summed E-state index contributed by atoms with van der Waals surface area (Å²) in [5, 5.41) is 14.3. The highest BCUT2D eigenvalue weighted by Gasteiger charge is 2.37. The summed E-state index contributed by atoms with van der Waals surface area (Å²) in [7, 11) is 2.74. The van der Waals surface area contributed by atoms with Crippen molar-refractivity contribution in [2.75, 3.05) is 14.2 Å². The van der Waals surface area contributed by atoms with Crippen LogP contribution in [0.15, 0.2) is 121 Å². The summed E-state index contributed by atoms with van der Waals surface area (Å²) in [6.45, 7) is 0. The molecular weight excluding hydrogens is 552 g/mol. The molecule has 0 saturated carbocycles. The van der Waals surface area contributed by atoms with Crippen LogP contribution in [-0.4, -0.2) is 48.4 Å². The quantitative estimate of drug-likeness (QED) is 0.114. The SMILES string of the molecule is CNC(Cc1c[nH]c2ccccc12)C(N)=O.CO.O=CCCC(=O)NC(c1ccccc1)(c1ccccc1)c1ccccc1. The number of amides is 2. The third kappa shape index (κ3) is 8.28. The summed E-state index contributed by atoms with van der Waals surface area (Å²) in [5.74, 6) is -0.485. The van der Waals surface area contributed by atoms with E-state index in [0.29, 0.717) is 6.42 Å². The van der Waals surface area contributed by atoms with Crippen molar-refractivity contribution in [1.82, 2.24) is 15.6 Å². The Morgan fingerprint density at radius 3 is 1.75 bits per heavy atom. The van der Waals surface area contributed by atoms with Crippen LogP contribution in [0.2, 0.25) is 0 Å². The maximum Gasteiger partial charge on any atom is 0.234 e. The third-order valence-electron chi connectivity index (χ3n) is 7.23. The van der Waals surface area contributed by atoms with Gasteiger partial charge in [0.15, 0.2) is 0 Å². The highest BCUT2D eigenvalue weighted by atomic mass is 16.2. The smallest absolute Gasteiger partial charge is 0.234 e. The number of nitrogens with one attached hydrogen (secondary N) is 3. The highest BCUT2D eigenvalue weighted by molar-refractivity contribution is 5.85. The van der Waals surface area contributed by atoms with E-state index in [1.54, 1.807) is 7.05 Å². The number of rotatable bonds is 11. The molecule has 6 N–H and O–H groups in total. The van der Waals surface area contributed by atoms with E-state index >= 15 is 0 Å². The first-order valence-electron chi connectivity index (χ1n) is 14.4. The van der Waals surface area contributed by atoms with Gasteiger partial charge in [-0.15, -0.1) is 0 Å². The predicted octanol–water partition coefficient (Wildman–Crippen LogP) is 4.47. The summed E-state index contributed by atoms with van der Waals surface area (Å²) in [4.78, 5) is 37.7. The van der Waals surface area contributed by atoms with Crippen molar-refractivity contribution in [3.05, 3.63) is 144 Å². The van der Waals surface area contributed by atoms with E-state index in [1.807, 2.05) is 121 Å². The number of benzene rings is 4. The molecule has 8 heteroatoms. The van der Waals surface area contributed by atoms with Crippen LogP contribution < -0.4 is 16.4 Å². The molecule has 0 radical (unpaired) electrons. The van der Waals surface area contributed by atoms with Crippen LogP contribution in [0.5, 0.6) is 0 Å². The van der Waals surface area contributed by atoms with Crippen LogP contribution in [0.1, 0.15) is 35.1 Å². The summed E-state index contributed by atoms with van der Waals surface area (Å²) < 4.78 is 0. The monoisotopic (exact) mass is 592 g/mol. The predicted molar refractivity (Wildman–Crippen MR) is 175 cm³/mol. The van der Waals surface area contributed by atoms with Gasteiger partial charge in [0.2, 0.25) is 11.8 Å². The Hall–Kier alpha value is -5.05. The molecule has 8 nitrogen and oxygen atoms in total. The second-order valence-corrected chi connectivity index (χ2v) is 9.91. The number of likely N-dealkylation sites (N-methyl/N-ethyl adjacent to an activating group) is 1. The van der Waals surface area contributed by atoms with E-state index in [-0.39, 0.29) is 30.7 Å². The number of carbonyl (C=O) groups excluding carboxylic acids is 3. The largest absolute Gasteiger partial charge is 0.400 e. The zero-order valence-electron chi connectivity index (χ0n) is 25.1. The van der Waals surface area contributed by atoms with Gasteiger partial charge in [0.05, 0.1) is 6.04 Å². The first-order valence-corrected chi connectivity index (χ1v) is 14.4. The van der Waals surface area contributed by atoms with Gasteiger partial charge in [-0.2, -0.15) is 0 Å². The maximum atomic E-state index is 12.7. The van der Waals surface area contributed by atoms with Gasteiger partial charge in [-0.25, -0.2) is 0 Å². The molecule has 2 amide bonds. The van der Waals surface area contributed by atoms with Crippen molar-refractivity contribution in [3.8, 4) is 0 Å². The van der Waals surface area contributed by atoms with Gasteiger partial charge in [0, 0.05) is 37.1 Å². The number of hydrogen-bond donors (Lipinski definition) is 5. The van der Waals surface area contributed by atoms with Crippen LogP contribution in [0.25, 0.3) is 10.9 Å². The van der Waals surface area contributed by atoms with E-state index in [0.717, 1.165) is 46.6 Å². The van der Waals surface area contributed by atoms with Gasteiger partial charge in [-0.1, -0.05) is 109 Å². The molecule has 5 rings (SSSR count). The summed E-state index contributed by atoms with van der Waals surface area (Å²) in [5.41, 5.74) is 9.57. The molecule has 0 aliphatic heterocycles. The van der Waals surface area contributed by atoms with Gasteiger partial charge in [0.25, 0.3) is 0 Å². The number of nitrogens with two attached hydrogens (primary N) is 1. The fraction of sp³-hybridized carbons (Fsp3) is 0.194. The second kappa shape index (κ2) is 17.2. The Labute approximate surface area is 258 Å². The molecule has 1 heterocycles. The van der Waals surface area contributed by atoms with Crippen molar-refractivity contribution in [3.63, 3.8) is 0 Å². The fourth-order valence-corrected chi connectivity index (χ4v) is 5.11. The number of fused-ring (bicyclic) bond motifs is 1.